The molecule has 1 unspecified atom stereocenters. The molecule has 1 aliphatic rings. The van der Waals surface area contributed by atoms with Gasteiger partial charge in [0.15, 0.2) is 0 Å². The molecule has 1 fully saturated rings. The van der Waals surface area contributed by atoms with Gasteiger partial charge in [-0.15, -0.1) is 0 Å². The number of benzene rings is 2. The number of nitrogens with zero attached hydrogens (tertiary/aromatic N) is 4. The summed E-state index contributed by atoms with van der Waals surface area (Å²) in [6.07, 6.45) is 1.89. The van der Waals surface area contributed by atoms with Gasteiger partial charge in [-0.1, -0.05) is 41.1 Å². The lowest BCUT2D eigenvalue weighted by atomic mass is 10.1. The highest BCUT2D eigenvalue weighted by atomic mass is 16.5. The summed E-state index contributed by atoms with van der Waals surface area (Å²) in [5.74, 6) is 0.309. The summed E-state index contributed by atoms with van der Waals surface area (Å²) in [7, 11) is 0. The standard InChI is InChI=1S/C26H23N5O3/c1-17-5-7-18(8-6-17)24-29-26(34-30-24)19-9-11-21(12-10-19)28-25(33)20-14-23(32)31(15-20)16-22-4-2-3-13-27-22/h2-13,20H,14-16H2,1H3,(H,28,33). The normalized spacial score (nSPS) is 15.5. The van der Waals surface area contributed by atoms with Crippen molar-refractivity contribution >= 4 is 17.5 Å². The molecule has 1 saturated heterocycles. The summed E-state index contributed by atoms with van der Waals surface area (Å²) >= 11 is 0. The molecule has 0 saturated carbocycles. The smallest absolute Gasteiger partial charge is 0.258 e. The fraction of sp³-hybridized carbons (Fsp3) is 0.192. The van der Waals surface area contributed by atoms with Crippen molar-refractivity contribution in [3.63, 3.8) is 0 Å². The number of amides is 2. The van der Waals surface area contributed by atoms with Crippen molar-refractivity contribution < 1.29 is 14.1 Å². The number of aryl methyl sites for hydroxylation is 1. The molecule has 2 amide bonds. The molecular formula is C26H23N5O3. The van der Waals surface area contributed by atoms with Gasteiger partial charge in [-0.05, 0) is 43.3 Å². The van der Waals surface area contributed by atoms with Crippen LogP contribution in [0.5, 0.6) is 0 Å². The highest BCUT2D eigenvalue weighted by Crippen LogP contribution is 2.25. The minimum Gasteiger partial charge on any atom is -0.336 e. The van der Waals surface area contributed by atoms with Crippen LogP contribution in [0, 0.1) is 12.8 Å². The van der Waals surface area contributed by atoms with Crippen LogP contribution in [0.2, 0.25) is 0 Å². The first-order chi connectivity index (χ1) is 16.5. The van der Waals surface area contributed by atoms with Gasteiger partial charge in [0.05, 0.1) is 18.2 Å². The van der Waals surface area contributed by atoms with Crippen molar-refractivity contribution in [2.24, 2.45) is 5.92 Å². The van der Waals surface area contributed by atoms with Crippen LogP contribution in [0.1, 0.15) is 17.7 Å². The summed E-state index contributed by atoms with van der Waals surface area (Å²) in [6.45, 7) is 2.81. The lowest BCUT2D eigenvalue weighted by Gasteiger charge is -2.16. The maximum Gasteiger partial charge on any atom is 0.258 e. The SMILES string of the molecule is Cc1ccc(-c2noc(-c3ccc(NC(=O)C4CC(=O)N(Cc5ccccn5)C4)cc3)n2)cc1. The third-order valence-corrected chi connectivity index (χ3v) is 5.80. The second-order valence-electron chi connectivity index (χ2n) is 8.35. The lowest BCUT2D eigenvalue weighted by Crippen LogP contribution is -2.28. The average molecular weight is 454 g/mol. The first-order valence-corrected chi connectivity index (χ1v) is 11.0. The minimum absolute atomic E-state index is 0.0399. The van der Waals surface area contributed by atoms with Crippen LogP contribution in [0.25, 0.3) is 22.8 Å². The maximum absolute atomic E-state index is 12.8. The Morgan fingerprint density at radius 3 is 2.56 bits per heavy atom. The molecule has 34 heavy (non-hydrogen) atoms. The first kappa shape index (κ1) is 21.5. The van der Waals surface area contributed by atoms with E-state index in [2.05, 4.69) is 20.4 Å². The van der Waals surface area contributed by atoms with Gasteiger partial charge in [-0.3, -0.25) is 14.6 Å². The summed E-state index contributed by atoms with van der Waals surface area (Å²) in [5.41, 5.74) is 4.24. The molecule has 8 heteroatoms. The average Bonchev–Trinajstić information content (AvgIpc) is 3.48. The Hall–Kier alpha value is -4.33. The number of pyridine rings is 1. The molecule has 1 atom stereocenters. The molecule has 1 aliphatic heterocycles. The molecule has 1 N–H and O–H groups in total. The van der Waals surface area contributed by atoms with Gasteiger partial charge in [-0.2, -0.15) is 4.98 Å². The first-order valence-electron chi connectivity index (χ1n) is 11.0. The number of rotatable bonds is 6. The second kappa shape index (κ2) is 9.27. The Morgan fingerprint density at radius 1 is 1.06 bits per heavy atom. The van der Waals surface area contributed by atoms with Crippen LogP contribution in [0.4, 0.5) is 5.69 Å². The van der Waals surface area contributed by atoms with Gasteiger partial charge in [-0.25, -0.2) is 0 Å². The predicted molar refractivity (Wildman–Crippen MR) is 126 cm³/mol. The molecule has 0 bridgehead atoms. The fourth-order valence-electron chi connectivity index (χ4n) is 3.89. The van der Waals surface area contributed by atoms with Gasteiger partial charge < -0.3 is 14.7 Å². The van der Waals surface area contributed by atoms with Crippen molar-refractivity contribution in [3.05, 3.63) is 84.2 Å². The van der Waals surface area contributed by atoms with Crippen molar-refractivity contribution in [2.45, 2.75) is 19.9 Å². The lowest BCUT2D eigenvalue weighted by molar-refractivity contribution is -0.128. The third-order valence-electron chi connectivity index (χ3n) is 5.80. The molecule has 8 nitrogen and oxygen atoms in total. The van der Waals surface area contributed by atoms with E-state index in [4.69, 9.17) is 4.52 Å². The number of carbonyl (C=O) groups is 2. The topological polar surface area (TPSA) is 101 Å². The van der Waals surface area contributed by atoms with Gasteiger partial charge in [0.2, 0.25) is 17.6 Å². The maximum atomic E-state index is 12.8. The van der Waals surface area contributed by atoms with Crippen LogP contribution in [-0.4, -0.2) is 38.4 Å². The molecule has 4 aromatic rings. The quantitative estimate of drug-likeness (QED) is 0.472. The van der Waals surface area contributed by atoms with Crippen molar-refractivity contribution in [1.29, 1.82) is 0 Å². The Morgan fingerprint density at radius 2 is 1.82 bits per heavy atom. The number of carbonyl (C=O) groups excluding carboxylic acids is 2. The monoisotopic (exact) mass is 453 g/mol. The third kappa shape index (κ3) is 4.71. The summed E-state index contributed by atoms with van der Waals surface area (Å²) in [5, 5.41) is 6.97. The van der Waals surface area contributed by atoms with Gasteiger partial charge in [0.1, 0.15) is 0 Å². The Balaban J connectivity index is 1.20. The van der Waals surface area contributed by atoms with Gasteiger partial charge in [0, 0.05) is 36.0 Å². The van der Waals surface area contributed by atoms with Crippen LogP contribution in [0.3, 0.4) is 0 Å². The van der Waals surface area contributed by atoms with E-state index in [1.54, 1.807) is 23.2 Å². The predicted octanol–water partition coefficient (Wildman–Crippen LogP) is 4.09. The summed E-state index contributed by atoms with van der Waals surface area (Å²) < 4.78 is 5.41. The second-order valence-corrected chi connectivity index (χ2v) is 8.35. The number of likely N-dealkylation sites (tertiary alicyclic amines) is 1. The zero-order valence-electron chi connectivity index (χ0n) is 18.6. The number of aromatic nitrogens is 3. The van der Waals surface area contributed by atoms with Crippen LogP contribution < -0.4 is 5.32 Å². The van der Waals surface area contributed by atoms with E-state index >= 15 is 0 Å². The van der Waals surface area contributed by atoms with E-state index in [0.29, 0.717) is 30.5 Å². The van der Waals surface area contributed by atoms with Crippen molar-refractivity contribution in [3.8, 4) is 22.8 Å². The Labute approximate surface area is 196 Å². The highest BCUT2D eigenvalue weighted by molar-refractivity contribution is 5.97. The van der Waals surface area contributed by atoms with Crippen LogP contribution >= 0.6 is 0 Å². The molecule has 0 radical (unpaired) electrons. The number of hydrogen-bond donors (Lipinski definition) is 1. The molecular weight excluding hydrogens is 430 g/mol. The number of hydrogen-bond acceptors (Lipinski definition) is 6. The largest absolute Gasteiger partial charge is 0.336 e. The summed E-state index contributed by atoms with van der Waals surface area (Å²) in [6, 6.07) is 20.7. The molecule has 170 valence electrons. The number of anilines is 1. The highest BCUT2D eigenvalue weighted by Gasteiger charge is 2.34. The fourth-order valence-corrected chi connectivity index (χ4v) is 3.89. The molecule has 2 aromatic heterocycles. The van der Waals surface area contributed by atoms with E-state index in [1.807, 2.05) is 61.5 Å². The minimum atomic E-state index is -0.399. The van der Waals surface area contributed by atoms with E-state index in [1.165, 1.54) is 0 Å². The Bertz CT molecular complexity index is 1300. The Kier molecular flexibility index (Phi) is 5.86. The molecule has 5 rings (SSSR count). The molecule has 3 heterocycles. The van der Waals surface area contributed by atoms with Crippen LogP contribution in [-0.2, 0) is 16.1 Å². The molecule has 0 spiro atoms. The van der Waals surface area contributed by atoms with Crippen molar-refractivity contribution in [1.82, 2.24) is 20.0 Å². The van der Waals surface area contributed by atoms with E-state index < -0.39 is 5.92 Å². The zero-order valence-corrected chi connectivity index (χ0v) is 18.6. The van der Waals surface area contributed by atoms with Gasteiger partial charge in [0.25, 0.3) is 5.89 Å². The molecule has 2 aromatic carbocycles. The van der Waals surface area contributed by atoms with Crippen molar-refractivity contribution in [2.75, 3.05) is 11.9 Å². The zero-order chi connectivity index (χ0) is 23.5. The molecule has 0 aliphatic carbocycles. The van der Waals surface area contributed by atoms with E-state index in [9.17, 15) is 9.59 Å². The number of nitrogens with one attached hydrogen (secondary N) is 1. The van der Waals surface area contributed by atoms with E-state index in [0.717, 1.165) is 22.4 Å². The van der Waals surface area contributed by atoms with Gasteiger partial charge >= 0.3 is 0 Å². The van der Waals surface area contributed by atoms with E-state index in [-0.39, 0.29) is 18.2 Å². The summed E-state index contributed by atoms with van der Waals surface area (Å²) in [4.78, 5) is 35.5. The van der Waals surface area contributed by atoms with Crippen LogP contribution in [0.15, 0.2) is 77.4 Å².